The summed E-state index contributed by atoms with van der Waals surface area (Å²) in [6.07, 6.45) is -0.167. The Bertz CT molecular complexity index is 19.2. The molecule has 8 heavy (non-hydrogen) atoms. The van der Waals surface area contributed by atoms with Gasteiger partial charge >= 0.3 is 80.9 Å². The summed E-state index contributed by atoms with van der Waals surface area (Å²) in [5.41, 5.74) is 0. The Morgan fingerprint density at radius 1 is 1.12 bits per heavy atom. The van der Waals surface area contributed by atoms with Crippen molar-refractivity contribution < 1.29 is 97.0 Å². The Hall–Kier alpha value is 2.52. The van der Waals surface area contributed by atoms with E-state index >= 15 is 0 Å². The molecule has 0 aliphatic rings. The van der Waals surface area contributed by atoms with Crippen LogP contribution in [0.3, 0.4) is 0 Å². The zero-order valence-electron chi connectivity index (χ0n) is 5.92. The van der Waals surface area contributed by atoms with Gasteiger partial charge in [0.05, 0.1) is 0 Å². The van der Waals surface area contributed by atoms with E-state index in [0.29, 0.717) is 0 Å². The molecule has 0 bridgehead atoms. The molecular weight excluding hydrogens is 146 g/mol. The average Bonchev–Trinajstić information content (AvgIpc) is 0.811. The summed E-state index contributed by atoms with van der Waals surface area (Å²) in [6, 6.07) is 0. The number of aliphatic hydroxyl groups excluding tert-OH is 1. The maximum Gasteiger partial charge on any atom is 1.00 e. The minimum Gasteiger partial charge on any atom is -0.870 e. The number of hydrogen-bond acceptors (Lipinski definition) is 3. The number of hydrogen-bond donors (Lipinski definition) is 1. The molecule has 42 valence electrons. The van der Waals surface area contributed by atoms with Crippen LogP contribution in [0, 0.1) is 0 Å². The molecule has 0 amide bonds. The predicted octanol–water partition coefficient (Wildman–Crippen LogP) is -5.96. The average molecular weight is 156 g/mol. The van der Waals surface area contributed by atoms with Crippen LogP contribution in [-0.2, 0) is 0 Å². The largest absolute Gasteiger partial charge is 1.00 e. The monoisotopic (exact) mass is 156 g/mol. The first-order valence-corrected chi connectivity index (χ1v) is 1.41. The SMILES string of the molecule is CC(C)O.[K+].[Na+].[OH-].[OH-]. The molecule has 0 atom stereocenters. The van der Waals surface area contributed by atoms with Gasteiger partial charge in [-0.05, 0) is 13.8 Å². The Balaban J connectivity index is -0.00000000750. The van der Waals surface area contributed by atoms with Crippen molar-refractivity contribution >= 4 is 0 Å². The summed E-state index contributed by atoms with van der Waals surface area (Å²) in [6.45, 7) is 3.44. The van der Waals surface area contributed by atoms with Crippen LogP contribution in [0.2, 0.25) is 0 Å². The second-order valence-electron chi connectivity index (χ2n) is 1.09. The van der Waals surface area contributed by atoms with Gasteiger partial charge in [0.2, 0.25) is 0 Å². The predicted molar refractivity (Wildman–Crippen MR) is 21.2 cm³/mol. The van der Waals surface area contributed by atoms with Gasteiger partial charge in [-0.1, -0.05) is 0 Å². The van der Waals surface area contributed by atoms with Gasteiger partial charge in [0.25, 0.3) is 0 Å². The van der Waals surface area contributed by atoms with Crippen molar-refractivity contribution in [3.63, 3.8) is 0 Å². The molecule has 0 spiro atoms. The second kappa shape index (κ2) is 22.7. The van der Waals surface area contributed by atoms with Crippen molar-refractivity contribution in [1.29, 1.82) is 0 Å². The summed E-state index contributed by atoms with van der Waals surface area (Å²) >= 11 is 0. The topological polar surface area (TPSA) is 80.2 Å². The smallest absolute Gasteiger partial charge is 0.870 e. The minimum absolute atomic E-state index is 0. The maximum atomic E-state index is 8.06. The van der Waals surface area contributed by atoms with Crippen molar-refractivity contribution in [1.82, 2.24) is 0 Å². The van der Waals surface area contributed by atoms with Crippen LogP contribution in [0.4, 0.5) is 0 Å². The fourth-order valence-electron chi connectivity index (χ4n) is 0. The maximum absolute atomic E-state index is 8.06. The van der Waals surface area contributed by atoms with Crippen molar-refractivity contribution in [2.24, 2.45) is 0 Å². The molecule has 0 aliphatic heterocycles. The normalized spacial score (nSPS) is 4.50. The molecule has 0 radical (unpaired) electrons. The molecule has 0 aromatic heterocycles. The summed E-state index contributed by atoms with van der Waals surface area (Å²) in [7, 11) is 0. The first-order chi connectivity index (χ1) is 1.73. The van der Waals surface area contributed by atoms with Gasteiger partial charge in [0.15, 0.2) is 0 Å². The molecule has 0 rings (SSSR count). The first kappa shape index (κ1) is 31.3. The Labute approximate surface area is 115 Å². The van der Waals surface area contributed by atoms with E-state index in [1.807, 2.05) is 0 Å². The molecule has 5 heteroatoms. The van der Waals surface area contributed by atoms with E-state index in [-0.39, 0.29) is 98.0 Å². The Morgan fingerprint density at radius 3 is 1.12 bits per heavy atom. The van der Waals surface area contributed by atoms with Crippen LogP contribution in [0.25, 0.3) is 0 Å². The third-order valence-electron chi connectivity index (χ3n) is 0. The van der Waals surface area contributed by atoms with E-state index in [2.05, 4.69) is 0 Å². The molecule has 0 unspecified atom stereocenters. The summed E-state index contributed by atoms with van der Waals surface area (Å²) in [4.78, 5) is 0. The third kappa shape index (κ3) is 76.0. The van der Waals surface area contributed by atoms with E-state index in [0.717, 1.165) is 0 Å². The number of aliphatic hydroxyl groups is 1. The molecule has 0 heterocycles. The molecule has 0 fully saturated rings. The van der Waals surface area contributed by atoms with E-state index in [1.54, 1.807) is 13.8 Å². The van der Waals surface area contributed by atoms with Gasteiger partial charge in [-0.25, -0.2) is 0 Å². The molecule has 3 nitrogen and oxygen atoms in total. The van der Waals surface area contributed by atoms with Gasteiger partial charge < -0.3 is 16.1 Å². The Morgan fingerprint density at radius 2 is 1.12 bits per heavy atom. The van der Waals surface area contributed by atoms with Crippen molar-refractivity contribution in [3.8, 4) is 0 Å². The molecule has 0 saturated carbocycles. The van der Waals surface area contributed by atoms with Crippen LogP contribution in [-0.4, -0.2) is 22.2 Å². The zero-order chi connectivity index (χ0) is 3.58. The minimum atomic E-state index is -0.167. The van der Waals surface area contributed by atoms with E-state index in [9.17, 15) is 0 Å². The standard InChI is InChI=1S/C3H8O.K.Na.2H2O/c1-3(2)4;;;;/h3-4H,1-2H3;;;2*1H2/q;2*+1;;/p-2. The van der Waals surface area contributed by atoms with Gasteiger partial charge in [-0.3, -0.25) is 0 Å². The zero-order valence-corrected chi connectivity index (χ0v) is 11.0. The summed E-state index contributed by atoms with van der Waals surface area (Å²) < 4.78 is 0. The van der Waals surface area contributed by atoms with Crippen LogP contribution in [0.5, 0.6) is 0 Å². The molecule has 3 N–H and O–H groups in total. The van der Waals surface area contributed by atoms with E-state index < -0.39 is 0 Å². The van der Waals surface area contributed by atoms with Gasteiger partial charge in [-0.2, -0.15) is 0 Å². The van der Waals surface area contributed by atoms with Crippen molar-refractivity contribution in [3.05, 3.63) is 0 Å². The molecule has 0 aromatic rings. The van der Waals surface area contributed by atoms with Crippen LogP contribution < -0.4 is 80.9 Å². The molecule has 0 aliphatic carbocycles. The summed E-state index contributed by atoms with van der Waals surface area (Å²) in [5.74, 6) is 0. The molecule has 0 aromatic carbocycles. The second-order valence-corrected chi connectivity index (χ2v) is 1.09. The van der Waals surface area contributed by atoms with E-state index in [4.69, 9.17) is 5.11 Å². The van der Waals surface area contributed by atoms with Crippen molar-refractivity contribution in [2.75, 3.05) is 0 Å². The van der Waals surface area contributed by atoms with Crippen LogP contribution in [0.1, 0.15) is 13.8 Å². The van der Waals surface area contributed by atoms with Gasteiger partial charge in [-0.15, -0.1) is 0 Å². The quantitative estimate of drug-likeness (QED) is 0.355. The fraction of sp³-hybridized carbons (Fsp3) is 1.00. The fourth-order valence-corrected chi connectivity index (χ4v) is 0. The van der Waals surface area contributed by atoms with Crippen molar-refractivity contribution in [2.45, 2.75) is 20.0 Å². The number of rotatable bonds is 0. The third-order valence-corrected chi connectivity index (χ3v) is 0. The van der Waals surface area contributed by atoms with Crippen LogP contribution >= 0.6 is 0 Å². The molecule has 0 saturated heterocycles. The molecular formula is C3H10KNaO3. The van der Waals surface area contributed by atoms with E-state index in [1.165, 1.54) is 0 Å². The van der Waals surface area contributed by atoms with Gasteiger partial charge in [0.1, 0.15) is 0 Å². The summed E-state index contributed by atoms with van der Waals surface area (Å²) in [5, 5.41) is 8.06. The van der Waals surface area contributed by atoms with Crippen LogP contribution in [0.15, 0.2) is 0 Å². The Kier molecular flexibility index (Phi) is 88.7. The van der Waals surface area contributed by atoms with Gasteiger partial charge in [0, 0.05) is 6.10 Å². The first-order valence-electron chi connectivity index (χ1n) is 1.41.